The summed E-state index contributed by atoms with van der Waals surface area (Å²) in [7, 11) is 0. The van der Waals surface area contributed by atoms with Crippen molar-refractivity contribution in [3.05, 3.63) is 0 Å². The van der Waals surface area contributed by atoms with Crippen molar-refractivity contribution in [2.45, 2.75) is 66.1 Å². The molecule has 0 spiro atoms. The van der Waals surface area contributed by atoms with E-state index in [0.717, 1.165) is 11.8 Å². The van der Waals surface area contributed by atoms with Crippen molar-refractivity contribution in [2.24, 2.45) is 17.8 Å². The predicted molar refractivity (Wildman–Crippen MR) is 61.4 cm³/mol. The molecule has 1 heteroatoms. The monoisotopic (exact) mass is 198 g/mol. The van der Waals surface area contributed by atoms with Crippen LogP contribution in [-0.4, -0.2) is 11.7 Å². The van der Waals surface area contributed by atoms with Crippen molar-refractivity contribution in [2.75, 3.05) is 0 Å². The molecule has 1 fully saturated rings. The van der Waals surface area contributed by atoms with E-state index in [1.807, 2.05) is 0 Å². The first-order valence-corrected chi connectivity index (χ1v) is 6.01. The minimum Gasteiger partial charge on any atom is -0.372 e. The third-order valence-electron chi connectivity index (χ3n) is 3.47. The molecule has 1 nitrogen and oxygen atoms in total. The second-order valence-electron chi connectivity index (χ2n) is 6.03. The first kappa shape index (κ1) is 12.0. The summed E-state index contributed by atoms with van der Waals surface area (Å²) >= 11 is 0. The van der Waals surface area contributed by atoms with Gasteiger partial charge >= 0.3 is 0 Å². The topological polar surface area (TPSA) is 9.23 Å². The van der Waals surface area contributed by atoms with Crippen LogP contribution in [0.15, 0.2) is 0 Å². The lowest BCUT2D eigenvalue weighted by atomic mass is 9.77. The van der Waals surface area contributed by atoms with E-state index >= 15 is 0 Å². The van der Waals surface area contributed by atoms with Crippen LogP contribution in [0.25, 0.3) is 0 Å². The first-order valence-electron chi connectivity index (χ1n) is 6.01. The van der Waals surface area contributed by atoms with Crippen molar-refractivity contribution >= 4 is 0 Å². The minimum absolute atomic E-state index is 0.0975. The first-order chi connectivity index (χ1) is 6.33. The van der Waals surface area contributed by atoms with Gasteiger partial charge < -0.3 is 4.74 Å². The van der Waals surface area contributed by atoms with Gasteiger partial charge in [-0.2, -0.15) is 0 Å². The van der Waals surface area contributed by atoms with Gasteiger partial charge in [-0.3, -0.25) is 0 Å². The molecule has 0 N–H and O–H groups in total. The molecule has 1 saturated heterocycles. The van der Waals surface area contributed by atoms with E-state index < -0.39 is 0 Å². The van der Waals surface area contributed by atoms with Crippen LogP contribution in [0.1, 0.15) is 54.4 Å². The highest BCUT2D eigenvalue weighted by Gasteiger charge is 2.38. The van der Waals surface area contributed by atoms with E-state index in [9.17, 15) is 0 Å². The highest BCUT2D eigenvalue weighted by atomic mass is 16.5. The lowest BCUT2D eigenvalue weighted by molar-refractivity contribution is -0.159. The van der Waals surface area contributed by atoms with Gasteiger partial charge in [0.1, 0.15) is 0 Å². The van der Waals surface area contributed by atoms with Crippen LogP contribution in [0.3, 0.4) is 0 Å². The third kappa shape index (κ3) is 2.73. The number of ether oxygens (including phenoxy) is 1. The second-order valence-corrected chi connectivity index (χ2v) is 6.03. The van der Waals surface area contributed by atoms with E-state index in [-0.39, 0.29) is 5.60 Å². The Labute approximate surface area is 89.2 Å². The van der Waals surface area contributed by atoms with Gasteiger partial charge in [-0.05, 0) is 44.4 Å². The van der Waals surface area contributed by atoms with Gasteiger partial charge in [-0.1, -0.05) is 27.7 Å². The summed E-state index contributed by atoms with van der Waals surface area (Å²) in [5.41, 5.74) is 0.0975. The van der Waals surface area contributed by atoms with Crippen molar-refractivity contribution < 1.29 is 4.74 Å². The van der Waals surface area contributed by atoms with E-state index in [4.69, 9.17) is 4.74 Å². The maximum Gasteiger partial charge on any atom is 0.0635 e. The molecule has 1 rings (SSSR count). The number of hydrogen-bond donors (Lipinski definition) is 0. The second kappa shape index (κ2) is 4.22. The lowest BCUT2D eigenvalue weighted by Gasteiger charge is -2.44. The molecule has 84 valence electrons. The summed E-state index contributed by atoms with van der Waals surface area (Å²) in [6.45, 7) is 13.6. The molecular formula is C13H26O. The standard InChI is InChI=1S/C13H26O/c1-9(2)11-7-8-13(5,6)14-12(11)10(3)4/h9-12H,7-8H2,1-6H3. The number of rotatable bonds is 2. The minimum atomic E-state index is 0.0975. The summed E-state index contributed by atoms with van der Waals surface area (Å²) in [6, 6.07) is 0. The van der Waals surface area contributed by atoms with E-state index in [2.05, 4.69) is 41.5 Å². The van der Waals surface area contributed by atoms with Gasteiger partial charge in [-0.15, -0.1) is 0 Å². The van der Waals surface area contributed by atoms with Crippen LogP contribution in [0, 0.1) is 17.8 Å². The molecular weight excluding hydrogens is 172 g/mol. The Bertz CT molecular complexity index is 182. The Morgan fingerprint density at radius 3 is 2.07 bits per heavy atom. The maximum atomic E-state index is 6.21. The summed E-state index contributed by atoms with van der Waals surface area (Å²) < 4.78 is 6.21. The normalized spacial score (nSPS) is 32.6. The zero-order valence-corrected chi connectivity index (χ0v) is 10.6. The van der Waals surface area contributed by atoms with Crippen molar-refractivity contribution in [1.82, 2.24) is 0 Å². The fraction of sp³-hybridized carbons (Fsp3) is 1.00. The zero-order valence-electron chi connectivity index (χ0n) is 10.6. The van der Waals surface area contributed by atoms with Gasteiger partial charge in [0, 0.05) is 0 Å². The molecule has 0 aromatic carbocycles. The molecule has 0 radical (unpaired) electrons. The van der Waals surface area contributed by atoms with Crippen LogP contribution < -0.4 is 0 Å². The van der Waals surface area contributed by atoms with Gasteiger partial charge in [0.2, 0.25) is 0 Å². The van der Waals surface area contributed by atoms with E-state index in [0.29, 0.717) is 12.0 Å². The van der Waals surface area contributed by atoms with Crippen LogP contribution in [0.4, 0.5) is 0 Å². The molecule has 0 aromatic rings. The highest BCUT2D eigenvalue weighted by Crippen LogP contribution is 2.38. The third-order valence-corrected chi connectivity index (χ3v) is 3.47. The Hall–Kier alpha value is -0.0400. The average molecular weight is 198 g/mol. The molecule has 0 saturated carbocycles. The van der Waals surface area contributed by atoms with E-state index in [1.54, 1.807) is 0 Å². The molecule has 14 heavy (non-hydrogen) atoms. The Morgan fingerprint density at radius 2 is 1.64 bits per heavy atom. The maximum absolute atomic E-state index is 6.21. The van der Waals surface area contributed by atoms with Gasteiger partial charge in [0.05, 0.1) is 11.7 Å². The Kier molecular flexibility index (Phi) is 3.63. The largest absolute Gasteiger partial charge is 0.372 e. The van der Waals surface area contributed by atoms with Crippen LogP contribution in [0.2, 0.25) is 0 Å². The predicted octanol–water partition coefficient (Wildman–Crippen LogP) is 3.87. The molecule has 0 amide bonds. The molecule has 1 aliphatic rings. The van der Waals surface area contributed by atoms with Crippen LogP contribution >= 0.6 is 0 Å². The molecule has 2 atom stereocenters. The SMILES string of the molecule is CC(C)C1CCC(C)(C)OC1C(C)C. The quantitative estimate of drug-likeness (QED) is 0.654. The van der Waals surface area contributed by atoms with Gasteiger partial charge in [0.15, 0.2) is 0 Å². The Balaban J connectivity index is 2.71. The smallest absolute Gasteiger partial charge is 0.0635 e. The zero-order chi connectivity index (χ0) is 10.9. The van der Waals surface area contributed by atoms with E-state index in [1.165, 1.54) is 12.8 Å². The van der Waals surface area contributed by atoms with Crippen molar-refractivity contribution in [3.63, 3.8) is 0 Å². The van der Waals surface area contributed by atoms with Crippen LogP contribution in [-0.2, 0) is 4.74 Å². The summed E-state index contributed by atoms with van der Waals surface area (Å²) in [5, 5.41) is 0. The Morgan fingerprint density at radius 1 is 1.07 bits per heavy atom. The summed E-state index contributed by atoms with van der Waals surface area (Å²) in [6.07, 6.45) is 2.99. The molecule has 2 unspecified atom stereocenters. The van der Waals surface area contributed by atoms with Crippen LogP contribution in [0.5, 0.6) is 0 Å². The highest BCUT2D eigenvalue weighted by molar-refractivity contribution is 4.86. The average Bonchev–Trinajstić information content (AvgIpc) is 2.01. The molecule has 0 aliphatic carbocycles. The summed E-state index contributed by atoms with van der Waals surface area (Å²) in [4.78, 5) is 0. The van der Waals surface area contributed by atoms with Gasteiger partial charge in [-0.25, -0.2) is 0 Å². The fourth-order valence-electron chi connectivity index (χ4n) is 2.54. The molecule has 0 aromatic heterocycles. The van der Waals surface area contributed by atoms with Crippen molar-refractivity contribution in [3.8, 4) is 0 Å². The van der Waals surface area contributed by atoms with Gasteiger partial charge in [0.25, 0.3) is 0 Å². The summed E-state index contributed by atoms with van der Waals surface area (Å²) in [5.74, 6) is 2.14. The van der Waals surface area contributed by atoms with Crippen molar-refractivity contribution in [1.29, 1.82) is 0 Å². The number of hydrogen-bond acceptors (Lipinski definition) is 1. The molecule has 0 bridgehead atoms. The fourth-order valence-corrected chi connectivity index (χ4v) is 2.54. The molecule has 1 heterocycles. The lowest BCUT2D eigenvalue weighted by Crippen LogP contribution is -2.45. The molecule has 1 aliphatic heterocycles.